The van der Waals surface area contributed by atoms with Gasteiger partial charge in [0, 0.05) is 19.6 Å². The number of rotatable bonds is 5. The Bertz CT molecular complexity index is 614. The zero-order chi connectivity index (χ0) is 18.2. The molecule has 6 nitrogen and oxygen atoms in total. The largest absolute Gasteiger partial charge is 0.496 e. The molecule has 1 N–H and O–H groups in total. The number of carbonyl (C=O) groups is 1. The minimum atomic E-state index is -0.107. The van der Waals surface area contributed by atoms with Gasteiger partial charge in [-0.05, 0) is 53.4 Å². The molecule has 1 fully saturated rings. The van der Waals surface area contributed by atoms with E-state index in [0.717, 1.165) is 54.2 Å². The molecule has 1 aliphatic rings. The van der Waals surface area contributed by atoms with Crippen LogP contribution in [-0.2, 0) is 16.1 Å². The van der Waals surface area contributed by atoms with Crippen LogP contribution in [0.25, 0.3) is 0 Å². The van der Waals surface area contributed by atoms with Crippen LogP contribution >= 0.6 is 15.9 Å². The Labute approximate surface area is 157 Å². The van der Waals surface area contributed by atoms with Gasteiger partial charge in [0.1, 0.15) is 5.75 Å². The number of ether oxygens (including phenoxy) is 2. The van der Waals surface area contributed by atoms with Crippen LogP contribution in [0.5, 0.6) is 5.75 Å². The Morgan fingerprint density at radius 2 is 2.08 bits per heavy atom. The molecule has 0 spiro atoms. The van der Waals surface area contributed by atoms with Gasteiger partial charge in [-0.3, -0.25) is 4.79 Å². The second-order valence-corrected chi connectivity index (χ2v) is 6.78. The van der Waals surface area contributed by atoms with Crippen molar-refractivity contribution in [3.63, 3.8) is 0 Å². The summed E-state index contributed by atoms with van der Waals surface area (Å²) >= 11 is 3.51. The number of piperidine rings is 1. The van der Waals surface area contributed by atoms with E-state index < -0.39 is 0 Å². The third kappa shape index (κ3) is 5.36. The van der Waals surface area contributed by atoms with Crippen molar-refractivity contribution in [1.29, 1.82) is 0 Å². The number of guanidine groups is 1. The van der Waals surface area contributed by atoms with Crippen molar-refractivity contribution in [1.82, 2.24) is 10.2 Å². The summed E-state index contributed by atoms with van der Waals surface area (Å²) in [7, 11) is 3.10. The van der Waals surface area contributed by atoms with E-state index in [-0.39, 0.29) is 11.9 Å². The van der Waals surface area contributed by atoms with Crippen molar-refractivity contribution < 1.29 is 14.3 Å². The summed E-state index contributed by atoms with van der Waals surface area (Å²) in [4.78, 5) is 18.6. The number of halogens is 1. The molecule has 0 amide bonds. The number of carbonyl (C=O) groups excluding carboxylic acids is 1. The van der Waals surface area contributed by atoms with Crippen LogP contribution in [0, 0.1) is 5.92 Å². The van der Waals surface area contributed by atoms with Gasteiger partial charge in [-0.2, -0.15) is 0 Å². The minimum absolute atomic E-state index is 0.00155. The molecule has 0 saturated carbocycles. The number of aliphatic imine (C=N–C) groups is 1. The van der Waals surface area contributed by atoms with E-state index in [1.165, 1.54) is 7.11 Å². The standard InChI is InChI=1S/C18H26BrN3O3/c1-4-20-18(22-9-7-14(8-10-22)17(23)25-3)21-12-13-5-6-16(24-2)15(19)11-13/h5-6,11,14H,4,7-10,12H2,1-3H3,(H,20,21). The van der Waals surface area contributed by atoms with Crippen LogP contribution in [-0.4, -0.2) is 50.7 Å². The van der Waals surface area contributed by atoms with Crippen molar-refractivity contribution in [2.45, 2.75) is 26.3 Å². The predicted molar refractivity (Wildman–Crippen MR) is 102 cm³/mol. The van der Waals surface area contributed by atoms with Gasteiger partial charge in [0.25, 0.3) is 0 Å². The molecule has 0 unspecified atom stereocenters. The summed E-state index contributed by atoms with van der Waals surface area (Å²) in [5.74, 6) is 1.59. The Morgan fingerprint density at radius 1 is 1.36 bits per heavy atom. The summed E-state index contributed by atoms with van der Waals surface area (Å²) in [6, 6.07) is 5.97. The number of nitrogens with zero attached hydrogens (tertiary/aromatic N) is 2. The predicted octanol–water partition coefficient (Wildman–Crippen LogP) is 2.81. The smallest absolute Gasteiger partial charge is 0.308 e. The first-order valence-electron chi connectivity index (χ1n) is 8.52. The van der Waals surface area contributed by atoms with Gasteiger partial charge in [-0.25, -0.2) is 4.99 Å². The summed E-state index contributed by atoms with van der Waals surface area (Å²) in [6.07, 6.45) is 1.59. The van der Waals surface area contributed by atoms with E-state index >= 15 is 0 Å². The highest BCUT2D eigenvalue weighted by atomic mass is 79.9. The number of methoxy groups -OCH3 is 2. The fourth-order valence-corrected chi connectivity index (χ4v) is 3.48. The van der Waals surface area contributed by atoms with Crippen molar-refractivity contribution in [2.24, 2.45) is 10.9 Å². The Hall–Kier alpha value is -1.76. The Kier molecular flexibility index (Phi) is 7.55. The van der Waals surface area contributed by atoms with E-state index in [0.29, 0.717) is 6.54 Å². The number of likely N-dealkylation sites (tertiary alicyclic amines) is 1. The number of hydrogen-bond donors (Lipinski definition) is 1. The number of hydrogen-bond acceptors (Lipinski definition) is 4. The van der Waals surface area contributed by atoms with Gasteiger partial charge in [-0.15, -0.1) is 0 Å². The molecule has 25 heavy (non-hydrogen) atoms. The van der Waals surface area contributed by atoms with Crippen molar-refractivity contribution in [3.05, 3.63) is 28.2 Å². The first-order valence-corrected chi connectivity index (χ1v) is 9.31. The summed E-state index contributed by atoms with van der Waals surface area (Å²) < 4.78 is 11.0. The fourth-order valence-electron chi connectivity index (χ4n) is 2.89. The molecule has 1 aromatic carbocycles. The number of nitrogens with one attached hydrogen (secondary N) is 1. The zero-order valence-corrected chi connectivity index (χ0v) is 16.6. The molecule has 1 aromatic rings. The van der Waals surface area contributed by atoms with E-state index in [1.54, 1.807) is 7.11 Å². The highest BCUT2D eigenvalue weighted by Crippen LogP contribution is 2.26. The molecule has 0 atom stereocenters. The zero-order valence-electron chi connectivity index (χ0n) is 15.0. The molecular weight excluding hydrogens is 386 g/mol. The lowest BCUT2D eigenvalue weighted by atomic mass is 9.97. The molecule has 138 valence electrons. The van der Waals surface area contributed by atoms with Crippen molar-refractivity contribution in [3.8, 4) is 5.75 Å². The lowest BCUT2D eigenvalue weighted by Crippen LogP contribution is -2.46. The maximum Gasteiger partial charge on any atom is 0.308 e. The topological polar surface area (TPSA) is 63.2 Å². The highest BCUT2D eigenvalue weighted by molar-refractivity contribution is 9.10. The Balaban J connectivity index is 2.01. The molecule has 0 bridgehead atoms. The van der Waals surface area contributed by atoms with Crippen LogP contribution in [0.4, 0.5) is 0 Å². The third-order valence-corrected chi connectivity index (χ3v) is 4.91. The van der Waals surface area contributed by atoms with Gasteiger partial charge < -0.3 is 19.7 Å². The van der Waals surface area contributed by atoms with Gasteiger partial charge in [0.2, 0.25) is 0 Å². The average Bonchev–Trinajstić information content (AvgIpc) is 2.64. The highest BCUT2D eigenvalue weighted by Gasteiger charge is 2.26. The van der Waals surface area contributed by atoms with Gasteiger partial charge in [0.05, 0.1) is 31.2 Å². The molecular formula is C18H26BrN3O3. The van der Waals surface area contributed by atoms with Crippen LogP contribution in [0.2, 0.25) is 0 Å². The van der Waals surface area contributed by atoms with Crippen molar-refractivity contribution in [2.75, 3.05) is 33.9 Å². The summed E-state index contributed by atoms with van der Waals surface area (Å²) in [6.45, 7) is 5.06. The van der Waals surface area contributed by atoms with Crippen LogP contribution < -0.4 is 10.1 Å². The molecule has 2 rings (SSSR count). The second-order valence-electron chi connectivity index (χ2n) is 5.92. The van der Waals surface area contributed by atoms with E-state index in [4.69, 9.17) is 14.5 Å². The Morgan fingerprint density at radius 3 is 2.64 bits per heavy atom. The van der Waals surface area contributed by atoms with Crippen LogP contribution in [0.1, 0.15) is 25.3 Å². The maximum atomic E-state index is 11.7. The monoisotopic (exact) mass is 411 g/mol. The average molecular weight is 412 g/mol. The molecule has 1 heterocycles. The first kappa shape index (κ1) is 19.6. The van der Waals surface area contributed by atoms with E-state index in [1.807, 2.05) is 18.2 Å². The van der Waals surface area contributed by atoms with Gasteiger partial charge >= 0.3 is 5.97 Å². The quantitative estimate of drug-likeness (QED) is 0.458. The molecule has 0 aromatic heterocycles. The third-order valence-electron chi connectivity index (χ3n) is 4.29. The summed E-state index contributed by atoms with van der Waals surface area (Å²) in [5, 5.41) is 3.34. The minimum Gasteiger partial charge on any atom is -0.496 e. The van der Waals surface area contributed by atoms with Gasteiger partial charge in [-0.1, -0.05) is 6.07 Å². The molecule has 0 aliphatic carbocycles. The van der Waals surface area contributed by atoms with Crippen molar-refractivity contribution >= 4 is 27.9 Å². The lowest BCUT2D eigenvalue weighted by molar-refractivity contribution is -0.146. The molecule has 1 saturated heterocycles. The molecule has 1 aliphatic heterocycles. The fraction of sp³-hybridized carbons (Fsp3) is 0.556. The van der Waals surface area contributed by atoms with Crippen LogP contribution in [0.3, 0.4) is 0 Å². The van der Waals surface area contributed by atoms with Crippen LogP contribution in [0.15, 0.2) is 27.7 Å². The number of benzene rings is 1. The van der Waals surface area contributed by atoms with E-state index in [9.17, 15) is 4.79 Å². The number of esters is 1. The van der Waals surface area contributed by atoms with Gasteiger partial charge in [0.15, 0.2) is 5.96 Å². The van der Waals surface area contributed by atoms with E-state index in [2.05, 4.69) is 33.1 Å². The lowest BCUT2D eigenvalue weighted by Gasteiger charge is -2.33. The SMILES string of the molecule is CCNC(=NCc1ccc(OC)c(Br)c1)N1CCC(C(=O)OC)CC1. The molecule has 7 heteroatoms. The maximum absolute atomic E-state index is 11.7. The second kappa shape index (κ2) is 9.65. The normalized spacial score (nSPS) is 15.8. The first-order chi connectivity index (χ1) is 12.1. The molecule has 0 radical (unpaired) electrons. The summed E-state index contributed by atoms with van der Waals surface area (Å²) in [5.41, 5.74) is 1.10.